The van der Waals surface area contributed by atoms with Gasteiger partial charge in [0.15, 0.2) is 0 Å². The van der Waals surface area contributed by atoms with Crippen LogP contribution in [0.4, 0.5) is 4.39 Å². The van der Waals surface area contributed by atoms with Crippen molar-refractivity contribution in [2.75, 3.05) is 13.1 Å². The summed E-state index contributed by atoms with van der Waals surface area (Å²) in [7, 11) is 0. The molecule has 142 valence electrons. The Morgan fingerprint density at radius 2 is 1.85 bits per heavy atom. The lowest BCUT2D eigenvalue weighted by molar-refractivity contribution is 0.0705. The maximum Gasteiger partial charge on any atom is 0.251 e. The van der Waals surface area contributed by atoms with Crippen LogP contribution in [0, 0.1) is 5.82 Å². The van der Waals surface area contributed by atoms with Crippen LogP contribution in [0.5, 0.6) is 0 Å². The predicted molar refractivity (Wildman–Crippen MR) is 106 cm³/mol. The Bertz CT molecular complexity index is 810. The summed E-state index contributed by atoms with van der Waals surface area (Å²) >= 11 is 6.39. The largest absolute Gasteiger partial charge is 0.349 e. The highest BCUT2D eigenvalue weighted by Crippen LogP contribution is 2.36. The van der Waals surface area contributed by atoms with Crippen molar-refractivity contribution in [1.29, 1.82) is 0 Å². The van der Waals surface area contributed by atoms with Gasteiger partial charge >= 0.3 is 0 Å². The Labute approximate surface area is 164 Å². The highest BCUT2D eigenvalue weighted by molar-refractivity contribution is 6.31. The molecule has 2 fully saturated rings. The monoisotopic (exact) mass is 386 g/mol. The van der Waals surface area contributed by atoms with E-state index in [1.807, 2.05) is 12.1 Å². The second kappa shape index (κ2) is 7.99. The smallest absolute Gasteiger partial charge is 0.251 e. The SMILES string of the molecule is O=C(N[C@H]1CCN2C[C@H](c3ccccc3Cl)CC[C@H]2C1)c1ccc(F)cc1. The third-order valence-electron chi connectivity index (χ3n) is 5.93. The summed E-state index contributed by atoms with van der Waals surface area (Å²) in [6.45, 7) is 2.02. The highest BCUT2D eigenvalue weighted by atomic mass is 35.5. The summed E-state index contributed by atoms with van der Waals surface area (Å²) in [5, 5.41) is 3.99. The first-order valence-electron chi connectivity index (χ1n) is 9.65. The molecule has 3 nitrogen and oxygen atoms in total. The molecule has 5 heteroatoms. The molecule has 2 heterocycles. The van der Waals surface area contributed by atoms with Gasteiger partial charge in [0.05, 0.1) is 0 Å². The van der Waals surface area contributed by atoms with Crippen LogP contribution < -0.4 is 5.32 Å². The van der Waals surface area contributed by atoms with Crippen LogP contribution in [-0.4, -0.2) is 36.0 Å². The number of benzene rings is 2. The molecule has 2 aliphatic heterocycles. The van der Waals surface area contributed by atoms with Crippen LogP contribution >= 0.6 is 11.6 Å². The van der Waals surface area contributed by atoms with Crippen molar-refractivity contribution >= 4 is 17.5 Å². The van der Waals surface area contributed by atoms with Gasteiger partial charge in [-0.05, 0) is 67.5 Å². The van der Waals surface area contributed by atoms with Gasteiger partial charge in [-0.15, -0.1) is 0 Å². The Hall–Kier alpha value is -1.91. The quantitative estimate of drug-likeness (QED) is 0.834. The van der Waals surface area contributed by atoms with Gasteiger partial charge in [-0.3, -0.25) is 9.69 Å². The number of nitrogens with zero attached hydrogens (tertiary/aromatic N) is 1. The molecule has 0 radical (unpaired) electrons. The van der Waals surface area contributed by atoms with E-state index in [4.69, 9.17) is 11.6 Å². The molecule has 2 saturated heterocycles. The predicted octanol–water partition coefficient (Wildman–Crippen LogP) is 4.62. The first-order valence-corrected chi connectivity index (χ1v) is 10.0. The molecule has 27 heavy (non-hydrogen) atoms. The normalized spacial score (nSPS) is 25.6. The topological polar surface area (TPSA) is 32.3 Å². The van der Waals surface area contributed by atoms with Crippen LogP contribution in [0.3, 0.4) is 0 Å². The molecule has 0 aliphatic carbocycles. The summed E-state index contributed by atoms with van der Waals surface area (Å²) in [6.07, 6.45) is 4.17. The van der Waals surface area contributed by atoms with Gasteiger partial charge in [0.1, 0.15) is 5.82 Å². The van der Waals surface area contributed by atoms with Crippen LogP contribution in [-0.2, 0) is 0 Å². The fraction of sp³-hybridized carbons (Fsp3) is 0.409. The average Bonchev–Trinajstić information content (AvgIpc) is 2.68. The summed E-state index contributed by atoms with van der Waals surface area (Å²) in [6, 6.07) is 14.6. The lowest BCUT2D eigenvalue weighted by Gasteiger charge is -2.45. The molecule has 0 spiro atoms. The van der Waals surface area contributed by atoms with Gasteiger partial charge in [0, 0.05) is 35.8 Å². The number of fused-ring (bicyclic) bond motifs is 1. The number of rotatable bonds is 3. The molecule has 0 unspecified atom stereocenters. The Morgan fingerprint density at radius 3 is 2.63 bits per heavy atom. The van der Waals surface area contributed by atoms with E-state index >= 15 is 0 Å². The van der Waals surface area contributed by atoms with Crippen molar-refractivity contribution in [3.63, 3.8) is 0 Å². The van der Waals surface area contributed by atoms with Crippen LogP contribution in [0.25, 0.3) is 0 Å². The third kappa shape index (κ3) is 4.17. The van der Waals surface area contributed by atoms with E-state index in [1.54, 1.807) is 0 Å². The van der Waals surface area contributed by atoms with Crippen LogP contribution in [0.2, 0.25) is 5.02 Å². The molecule has 0 aromatic heterocycles. The Balaban J connectivity index is 1.34. The molecular weight excluding hydrogens is 363 g/mol. The van der Waals surface area contributed by atoms with Crippen molar-refractivity contribution in [3.8, 4) is 0 Å². The lowest BCUT2D eigenvalue weighted by atomic mass is 9.82. The minimum absolute atomic E-state index is 0.113. The van der Waals surface area contributed by atoms with E-state index in [-0.39, 0.29) is 17.8 Å². The maximum absolute atomic E-state index is 13.0. The minimum Gasteiger partial charge on any atom is -0.349 e. The standard InChI is InChI=1S/C22H24ClFN2O/c23-21-4-2-1-3-20(21)16-7-10-19-13-18(11-12-26(19)14-16)25-22(27)15-5-8-17(24)9-6-15/h1-6,8-9,16,18-19H,7,10-14H2,(H,25,27)/t16-,18+,19+/m1/s1. The molecule has 2 aromatic carbocycles. The first-order chi connectivity index (χ1) is 13.1. The highest BCUT2D eigenvalue weighted by Gasteiger charge is 2.35. The summed E-state index contributed by atoms with van der Waals surface area (Å²) in [5.41, 5.74) is 1.77. The van der Waals surface area contributed by atoms with E-state index in [9.17, 15) is 9.18 Å². The fourth-order valence-electron chi connectivity index (χ4n) is 4.47. The molecular formula is C22H24ClFN2O. The van der Waals surface area contributed by atoms with E-state index in [0.29, 0.717) is 17.5 Å². The molecule has 1 amide bonds. The second-order valence-electron chi connectivity index (χ2n) is 7.65. The van der Waals surface area contributed by atoms with E-state index in [2.05, 4.69) is 22.3 Å². The number of amides is 1. The Morgan fingerprint density at radius 1 is 1.07 bits per heavy atom. The first kappa shape index (κ1) is 18.5. The summed E-state index contributed by atoms with van der Waals surface area (Å²) in [5.74, 6) is 0.0497. The Kier molecular flexibility index (Phi) is 5.46. The van der Waals surface area contributed by atoms with Crippen molar-refractivity contribution < 1.29 is 9.18 Å². The summed E-state index contributed by atoms with van der Waals surface area (Å²) in [4.78, 5) is 15.0. The van der Waals surface area contributed by atoms with E-state index in [0.717, 1.165) is 43.8 Å². The lowest BCUT2D eigenvalue weighted by Crippen LogP contribution is -2.52. The zero-order valence-corrected chi connectivity index (χ0v) is 16.0. The molecule has 4 rings (SSSR count). The van der Waals surface area contributed by atoms with Gasteiger partial charge in [-0.2, -0.15) is 0 Å². The van der Waals surface area contributed by atoms with Gasteiger partial charge in [-0.1, -0.05) is 29.8 Å². The van der Waals surface area contributed by atoms with Gasteiger partial charge < -0.3 is 5.32 Å². The molecule has 0 saturated carbocycles. The number of nitrogens with one attached hydrogen (secondary N) is 1. The zero-order valence-electron chi connectivity index (χ0n) is 15.2. The number of piperidine rings is 2. The van der Waals surface area contributed by atoms with Crippen molar-refractivity contribution in [1.82, 2.24) is 10.2 Å². The second-order valence-corrected chi connectivity index (χ2v) is 8.05. The van der Waals surface area contributed by atoms with Crippen molar-refractivity contribution in [2.45, 2.75) is 43.7 Å². The van der Waals surface area contributed by atoms with Crippen molar-refractivity contribution in [3.05, 3.63) is 70.5 Å². The third-order valence-corrected chi connectivity index (χ3v) is 6.27. The number of halogens is 2. The van der Waals surface area contributed by atoms with E-state index in [1.165, 1.54) is 29.8 Å². The molecule has 2 aromatic rings. The summed E-state index contributed by atoms with van der Waals surface area (Å²) < 4.78 is 13.0. The molecule has 3 atom stereocenters. The van der Waals surface area contributed by atoms with Crippen LogP contribution in [0.1, 0.15) is 47.5 Å². The van der Waals surface area contributed by atoms with E-state index < -0.39 is 0 Å². The van der Waals surface area contributed by atoms with Crippen LogP contribution in [0.15, 0.2) is 48.5 Å². The molecule has 2 aliphatic rings. The van der Waals surface area contributed by atoms with Gasteiger partial charge in [0.2, 0.25) is 0 Å². The number of hydrogen-bond acceptors (Lipinski definition) is 2. The fourth-order valence-corrected chi connectivity index (χ4v) is 4.76. The number of carbonyl (C=O) groups excluding carboxylic acids is 1. The molecule has 0 bridgehead atoms. The van der Waals surface area contributed by atoms with Gasteiger partial charge in [0.25, 0.3) is 5.91 Å². The maximum atomic E-state index is 13.0. The van der Waals surface area contributed by atoms with Crippen molar-refractivity contribution in [2.24, 2.45) is 0 Å². The average molecular weight is 387 g/mol. The number of hydrogen-bond donors (Lipinski definition) is 1. The molecule has 1 N–H and O–H groups in total. The number of carbonyl (C=O) groups is 1. The minimum atomic E-state index is -0.324. The van der Waals surface area contributed by atoms with Gasteiger partial charge in [-0.25, -0.2) is 4.39 Å². The zero-order chi connectivity index (χ0) is 18.8.